The van der Waals surface area contributed by atoms with E-state index in [1.54, 1.807) is 13.8 Å². The van der Waals surface area contributed by atoms with E-state index >= 15 is 0 Å². The van der Waals surface area contributed by atoms with E-state index in [0.717, 1.165) is 19.1 Å². The van der Waals surface area contributed by atoms with Gasteiger partial charge in [-0.1, -0.05) is 13.8 Å². The Balaban J connectivity index is 2.55. The molecule has 1 heterocycles. The van der Waals surface area contributed by atoms with Crippen LogP contribution in [0.4, 0.5) is 0 Å². The van der Waals surface area contributed by atoms with Crippen molar-refractivity contribution in [1.82, 2.24) is 0 Å². The molecule has 0 radical (unpaired) electrons. The molecule has 0 amide bonds. The van der Waals surface area contributed by atoms with E-state index < -0.39 is 11.5 Å². The Labute approximate surface area is 72.7 Å². The second-order valence-electron chi connectivity index (χ2n) is 3.94. The molecule has 2 atom stereocenters. The maximum absolute atomic E-state index is 10.6. The zero-order chi connectivity index (χ0) is 9.19. The van der Waals surface area contributed by atoms with Gasteiger partial charge >= 0.3 is 0 Å². The molecule has 1 saturated heterocycles. The normalized spacial score (nSPS) is 27.1. The van der Waals surface area contributed by atoms with Crippen LogP contribution < -0.4 is 0 Å². The van der Waals surface area contributed by atoms with Gasteiger partial charge in [-0.25, -0.2) is 0 Å². The molecule has 3 heteroatoms. The summed E-state index contributed by atoms with van der Waals surface area (Å²) >= 11 is 0. The predicted molar refractivity (Wildman–Crippen MR) is 44.8 cm³/mol. The number of aldehydes is 1. The second-order valence-corrected chi connectivity index (χ2v) is 3.94. The Kier molecular flexibility index (Phi) is 2.85. The van der Waals surface area contributed by atoms with Crippen LogP contribution in [-0.4, -0.2) is 30.2 Å². The van der Waals surface area contributed by atoms with Gasteiger partial charge in [0, 0.05) is 12.0 Å². The molecular formula is C9H16O3. The number of carbonyl (C=O) groups is 1. The number of aliphatic hydroxyl groups is 1. The molecule has 0 aliphatic carbocycles. The highest BCUT2D eigenvalue weighted by atomic mass is 16.5. The van der Waals surface area contributed by atoms with Crippen molar-refractivity contribution in [2.75, 3.05) is 6.61 Å². The summed E-state index contributed by atoms with van der Waals surface area (Å²) in [6.07, 6.45) is 1.82. The Morgan fingerprint density at radius 2 is 2.33 bits per heavy atom. The van der Waals surface area contributed by atoms with Crippen molar-refractivity contribution in [1.29, 1.82) is 0 Å². The van der Waals surface area contributed by atoms with Crippen LogP contribution in [0, 0.1) is 5.41 Å². The largest absolute Gasteiger partial charge is 0.389 e. The highest BCUT2D eigenvalue weighted by Gasteiger charge is 2.36. The van der Waals surface area contributed by atoms with Gasteiger partial charge in [-0.2, -0.15) is 0 Å². The monoisotopic (exact) mass is 172 g/mol. The van der Waals surface area contributed by atoms with E-state index in [4.69, 9.17) is 4.74 Å². The molecule has 1 aliphatic heterocycles. The van der Waals surface area contributed by atoms with Gasteiger partial charge in [0.25, 0.3) is 0 Å². The molecule has 0 unspecified atom stereocenters. The number of carbonyl (C=O) groups excluding carboxylic acids is 1. The van der Waals surface area contributed by atoms with Crippen molar-refractivity contribution >= 4 is 6.29 Å². The molecule has 0 spiro atoms. The minimum atomic E-state index is -0.686. The van der Waals surface area contributed by atoms with Crippen molar-refractivity contribution in [3.8, 4) is 0 Å². The van der Waals surface area contributed by atoms with Crippen LogP contribution in [0.1, 0.15) is 26.7 Å². The standard InChI is InChI=1S/C9H16O3/c1-9(2,6-10)8(11)7-4-3-5-12-7/h6-8,11H,3-5H2,1-2H3/t7-,8-/m1/s1. The van der Waals surface area contributed by atoms with Crippen molar-refractivity contribution in [2.24, 2.45) is 5.41 Å². The van der Waals surface area contributed by atoms with Crippen LogP contribution in [0.2, 0.25) is 0 Å². The Bertz CT molecular complexity index is 159. The first-order valence-electron chi connectivity index (χ1n) is 4.34. The average molecular weight is 172 g/mol. The van der Waals surface area contributed by atoms with Gasteiger partial charge in [0.1, 0.15) is 6.29 Å². The SMILES string of the molecule is CC(C)(C=O)[C@H](O)[C@H]1CCCO1. The lowest BCUT2D eigenvalue weighted by Gasteiger charge is -2.28. The second kappa shape index (κ2) is 3.54. The summed E-state index contributed by atoms with van der Waals surface area (Å²) in [5.41, 5.74) is -0.686. The van der Waals surface area contributed by atoms with E-state index in [1.165, 1.54) is 0 Å². The third-order valence-corrected chi connectivity index (χ3v) is 2.38. The van der Waals surface area contributed by atoms with Gasteiger partial charge in [-0.05, 0) is 12.8 Å². The lowest BCUT2D eigenvalue weighted by molar-refractivity contribution is -0.126. The summed E-state index contributed by atoms with van der Waals surface area (Å²) in [6.45, 7) is 4.16. The van der Waals surface area contributed by atoms with Gasteiger partial charge in [-0.15, -0.1) is 0 Å². The number of hydrogen-bond acceptors (Lipinski definition) is 3. The van der Waals surface area contributed by atoms with Crippen LogP contribution in [0.15, 0.2) is 0 Å². The molecule has 70 valence electrons. The highest BCUT2D eigenvalue weighted by Crippen LogP contribution is 2.27. The predicted octanol–water partition coefficient (Wildman–Crippen LogP) is 0.751. The molecule has 1 aliphatic rings. The number of hydrogen-bond donors (Lipinski definition) is 1. The van der Waals surface area contributed by atoms with E-state index in [0.29, 0.717) is 6.61 Å². The fourth-order valence-corrected chi connectivity index (χ4v) is 1.40. The Morgan fingerprint density at radius 3 is 2.75 bits per heavy atom. The van der Waals surface area contributed by atoms with Crippen LogP contribution in [-0.2, 0) is 9.53 Å². The fraction of sp³-hybridized carbons (Fsp3) is 0.889. The molecule has 1 rings (SSSR count). The quantitative estimate of drug-likeness (QED) is 0.639. The van der Waals surface area contributed by atoms with Gasteiger partial charge in [0.2, 0.25) is 0 Å². The first-order chi connectivity index (χ1) is 5.58. The van der Waals surface area contributed by atoms with Crippen LogP contribution in [0.25, 0.3) is 0 Å². The molecular weight excluding hydrogens is 156 g/mol. The maximum Gasteiger partial charge on any atom is 0.128 e. The third-order valence-electron chi connectivity index (χ3n) is 2.38. The minimum Gasteiger partial charge on any atom is -0.389 e. The topological polar surface area (TPSA) is 46.5 Å². The Hall–Kier alpha value is -0.410. The van der Waals surface area contributed by atoms with Gasteiger partial charge in [0.05, 0.1) is 12.2 Å². The first kappa shape index (κ1) is 9.68. The van der Waals surface area contributed by atoms with Crippen molar-refractivity contribution in [3.63, 3.8) is 0 Å². The highest BCUT2D eigenvalue weighted by molar-refractivity contribution is 5.59. The van der Waals surface area contributed by atoms with Crippen LogP contribution in [0.3, 0.4) is 0 Å². The summed E-state index contributed by atoms with van der Waals surface area (Å²) in [4.78, 5) is 10.6. The molecule has 1 fully saturated rings. The third kappa shape index (κ3) is 1.84. The molecule has 3 nitrogen and oxygen atoms in total. The van der Waals surface area contributed by atoms with Crippen LogP contribution >= 0.6 is 0 Å². The lowest BCUT2D eigenvalue weighted by Crippen LogP contribution is -2.40. The zero-order valence-electron chi connectivity index (χ0n) is 7.62. The van der Waals surface area contributed by atoms with Crippen molar-refractivity contribution in [3.05, 3.63) is 0 Å². The number of ether oxygens (including phenoxy) is 1. The molecule has 0 aromatic rings. The first-order valence-corrected chi connectivity index (χ1v) is 4.34. The molecule has 0 saturated carbocycles. The van der Waals surface area contributed by atoms with E-state index in [-0.39, 0.29) is 6.10 Å². The van der Waals surface area contributed by atoms with Gasteiger partial charge in [-0.3, -0.25) is 0 Å². The number of aliphatic hydroxyl groups excluding tert-OH is 1. The van der Waals surface area contributed by atoms with Gasteiger partial charge < -0.3 is 14.6 Å². The summed E-state index contributed by atoms with van der Waals surface area (Å²) in [7, 11) is 0. The summed E-state index contributed by atoms with van der Waals surface area (Å²) in [6, 6.07) is 0. The molecule has 1 N–H and O–H groups in total. The Morgan fingerprint density at radius 1 is 1.67 bits per heavy atom. The van der Waals surface area contributed by atoms with Gasteiger partial charge in [0.15, 0.2) is 0 Å². The summed E-state index contributed by atoms with van der Waals surface area (Å²) in [5.74, 6) is 0. The molecule has 12 heavy (non-hydrogen) atoms. The number of rotatable bonds is 3. The van der Waals surface area contributed by atoms with E-state index in [2.05, 4.69) is 0 Å². The van der Waals surface area contributed by atoms with Crippen LogP contribution in [0.5, 0.6) is 0 Å². The van der Waals surface area contributed by atoms with Crippen molar-refractivity contribution in [2.45, 2.75) is 38.9 Å². The molecule has 0 bridgehead atoms. The summed E-state index contributed by atoms with van der Waals surface area (Å²) < 4.78 is 5.29. The molecule has 0 aromatic carbocycles. The minimum absolute atomic E-state index is 0.148. The summed E-state index contributed by atoms with van der Waals surface area (Å²) in [5, 5.41) is 9.72. The fourth-order valence-electron chi connectivity index (χ4n) is 1.40. The molecule has 0 aromatic heterocycles. The van der Waals surface area contributed by atoms with Crippen molar-refractivity contribution < 1.29 is 14.6 Å². The van der Waals surface area contributed by atoms with E-state index in [9.17, 15) is 9.90 Å². The lowest BCUT2D eigenvalue weighted by atomic mass is 9.84. The average Bonchev–Trinajstić information content (AvgIpc) is 2.55. The maximum atomic E-state index is 10.6. The van der Waals surface area contributed by atoms with E-state index in [1.807, 2.05) is 0 Å². The smallest absolute Gasteiger partial charge is 0.128 e. The zero-order valence-corrected chi connectivity index (χ0v) is 7.62.